The van der Waals surface area contributed by atoms with E-state index in [1.807, 2.05) is 97.1 Å². The van der Waals surface area contributed by atoms with Gasteiger partial charge in [-0.05, 0) is 107 Å². The van der Waals surface area contributed by atoms with Crippen LogP contribution >= 0.6 is 47.8 Å². The molecule has 8 aromatic rings. The summed E-state index contributed by atoms with van der Waals surface area (Å²) in [6.45, 7) is 14.9. The molecule has 2 heterocycles. The van der Waals surface area contributed by atoms with E-state index < -0.39 is 12.1 Å². The molecule has 0 spiro atoms. The highest BCUT2D eigenvalue weighted by Crippen LogP contribution is 2.34. The Morgan fingerprint density at radius 1 is 0.612 bits per heavy atom. The van der Waals surface area contributed by atoms with Crippen molar-refractivity contribution >= 4 is 81.8 Å². The SMILES string of the molecule is C.C.CC(C)(C)c1ccc(O)c(-n2nc3ccccc3n2)c1.CC(C)(C)c1ccc(OC(C(=O)O)c2ccc(Br)cc2)c(-n2nc3ccccc3n2)c1.CCOC(=O)C(Br)c1ccc(Br)cc1. The van der Waals surface area contributed by atoms with Gasteiger partial charge < -0.3 is 19.7 Å². The number of carbonyl (C=O) groups is 2. The number of carboxylic acids is 1. The molecule has 12 nitrogen and oxygen atoms in total. The molecule has 0 amide bonds. The maximum Gasteiger partial charge on any atom is 0.349 e. The molecule has 0 saturated carbocycles. The lowest BCUT2D eigenvalue weighted by Crippen LogP contribution is -2.20. The second-order valence-electron chi connectivity index (χ2n) is 16.9. The molecule has 2 N–H and O–H groups in total. The average Bonchev–Trinajstić information content (AvgIpc) is 3.91. The number of carbonyl (C=O) groups excluding carboxylic acids is 1. The standard InChI is InChI=1S/C24H22BrN3O3.C16H17N3O.C10H10Br2O2.2CH4/c1-24(2,3)16-10-13-21(31-22(23(29)30)15-8-11-17(25)12-9-15)20(14-16)28-26-18-6-4-5-7-19(18)27-28;1-16(2,3)11-8-9-15(20)14(10-11)19-17-12-6-4-5-7-13(12)18-19;1-2-14-10(13)9(12)7-3-5-8(11)6-4-7;;/h4-14,22H,1-3H3,(H,29,30);4-10,20H,1-3H3;3-6,9H,2H2,1H3;2*1H4. The van der Waals surface area contributed by atoms with Crippen LogP contribution in [0.3, 0.4) is 0 Å². The van der Waals surface area contributed by atoms with Gasteiger partial charge in [0.2, 0.25) is 6.10 Å². The van der Waals surface area contributed by atoms with E-state index in [2.05, 4.69) is 110 Å². The molecular formula is C52H57Br3N6O6. The van der Waals surface area contributed by atoms with Gasteiger partial charge in [0.05, 0.1) is 6.61 Å². The second-order valence-corrected chi connectivity index (χ2v) is 19.6. The molecule has 0 aliphatic heterocycles. The number of phenolic OH excluding ortho intramolecular Hbond substituents is 1. The zero-order valence-corrected chi connectivity index (χ0v) is 41.7. The van der Waals surface area contributed by atoms with Crippen LogP contribution in [0.25, 0.3) is 33.4 Å². The number of halogens is 3. The lowest BCUT2D eigenvalue weighted by molar-refractivity contribution is -0.145. The van der Waals surface area contributed by atoms with Crippen LogP contribution in [-0.2, 0) is 25.2 Å². The van der Waals surface area contributed by atoms with Crippen molar-refractivity contribution < 1.29 is 29.3 Å². The van der Waals surface area contributed by atoms with E-state index in [0.717, 1.165) is 47.7 Å². The zero-order valence-electron chi connectivity index (χ0n) is 36.9. The molecule has 6 aromatic carbocycles. The topological polar surface area (TPSA) is 154 Å². The molecule has 0 fully saturated rings. The summed E-state index contributed by atoms with van der Waals surface area (Å²) in [5, 5.41) is 37.9. The van der Waals surface area contributed by atoms with Crippen LogP contribution in [0.4, 0.5) is 0 Å². The molecule has 2 unspecified atom stereocenters. The van der Waals surface area contributed by atoms with Gasteiger partial charge in [0.15, 0.2) is 0 Å². The summed E-state index contributed by atoms with van der Waals surface area (Å²) >= 11 is 9.99. The van der Waals surface area contributed by atoms with Gasteiger partial charge in [-0.1, -0.05) is 165 Å². The van der Waals surface area contributed by atoms with Crippen LogP contribution in [0.2, 0.25) is 0 Å². The first kappa shape index (κ1) is 53.7. The Kier molecular flexibility index (Phi) is 18.6. The summed E-state index contributed by atoms with van der Waals surface area (Å²) in [4.78, 5) is 26.0. The van der Waals surface area contributed by atoms with E-state index in [1.165, 1.54) is 9.59 Å². The third-order valence-corrected chi connectivity index (χ3v) is 11.9. The van der Waals surface area contributed by atoms with Crippen LogP contribution in [0.15, 0.2) is 142 Å². The molecular weight excluding hydrogens is 1040 g/mol. The number of aromatic nitrogens is 6. The van der Waals surface area contributed by atoms with E-state index in [-0.39, 0.29) is 42.2 Å². The number of aliphatic carboxylic acids is 1. The van der Waals surface area contributed by atoms with Gasteiger partial charge in [-0.3, -0.25) is 4.79 Å². The van der Waals surface area contributed by atoms with Gasteiger partial charge in [0.1, 0.15) is 49.8 Å². The maximum atomic E-state index is 12.0. The lowest BCUT2D eigenvalue weighted by Gasteiger charge is -2.22. The molecule has 0 aliphatic rings. The number of aromatic hydroxyl groups is 1. The smallest absolute Gasteiger partial charge is 0.349 e. The molecule has 2 aromatic heterocycles. The molecule has 15 heteroatoms. The van der Waals surface area contributed by atoms with Crippen molar-refractivity contribution in [2.24, 2.45) is 0 Å². The Balaban J connectivity index is 0.000000235. The fourth-order valence-electron chi connectivity index (χ4n) is 6.33. The number of nitrogens with zero attached hydrogens (tertiary/aromatic N) is 6. The number of esters is 1. The van der Waals surface area contributed by atoms with Crippen LogP contribution in [0.5, 0.6) is 11.5 Å². The van der Waals surface area contributed by atoms with Crippen molar-refractivity contribution in [3.63, 3.8) is 0 Å². The largest absolute Gasteiger partial charge is 0.506 e. The number of alkyl halides is 1. The van der Waals surface area contributed by atoms with E-state index in [4.69, 9.17) is 9.47 Å². The molecule has 352 valence electrons. The molecule has 67 heavy (non-hydrogen) atoms. The van der Waals surface area contributed by atoms with Crippen LogP contribution in [-0.4, -0.2) is 58.7 Å². The number of hydrogen-bond donors (Lipinski definition) is 2. The van der Waals surface area contributed by atoms with Crippen LogP contribution < -0.4 is 4.74 Å². The normalized spacial score (nSPS) is 12.0. The number of carboxylic acid groups (broad SMARTS) is 1. The summed E-state index contributed by atoms with van der Waals surface area (Å²) in [5.41, 5.74) is 7.84. The zero-order chi connectivity index (χ0) is 47.1. The number of hydrogen-bond acceptors (Lipinski definition) is 9. The first-order chi connectivity index (χ1) is 30.8. The minimum absolute atomic E-state index is 0. The summed E-state index contributed by atoms with van der Waals surface area (Å²) in [6.07, 6.45) is -1.17. The Hall–Kier alpha value is -5.90. The van der Waals surface area contributed by atoms with E-state index in [0.29, 0.717) is 29.3 Å². The fraction of sp³-hybridized carbons (Fsp3) is 0.269. The summed E-state index contributed by atoms with van der Waals surface area (Å²) < 4.78 is 12.8. The van der Waals surface area contributed by atoms with Crippen molar-refractivity contribution in [2.45, 2.75) is 85.1 Å². The van der Waals surface area contributed by atoms with Crippen LogP contribution in [0.1, 0.15) is 96.5 Å². The van der Waals surface area contributed by atoms with Gasteiger partial charge in [-0.25, -0.2) is 4.79 Å². The monoisotopic (exact) mass is 1100 g/mol. The third kappa shape index (κ3) is 13.8. The number of benzene rings is 6. The van der Waals surface area contributed by atoms with Gasteiger partial charge in [-0.15, -0.1) is 30.0 Å². The lowest BCUT2D eigenvalue weighted by atomic mass is 9.87. The highest BCUT2D eigenvalue weighted by atomic mass is 79.9. The van der Waals surface area contributed by atoms with Gasteiger partial charge in [0, 0.05) is 14.5 Å². The number of ether oxygens (including phenoxy) is 2. The molecule has 2 atom stereocenters. The minimum Gasteiger partial charge on any atom is -0.506 e. The average molecular weight is 1100 g/mol. The maximum absolute atomic E-state index is 12.0. The van der Waals surface area contributed by atoms with Gasteiger partial charge in [0.25, 0.3) is 0 Å². The van der Waals surface area contributed by atoms with Crippen molar-refractivity contribution in [3.8, 4) is 22.9 Å². The molecule has 0 radical (unpaired) electrons. The quantitative estimate of drug-likeness (QED) is 0.105. The predicted octanol–water partition coefficient (Wildman–Crippen LogP) is 13.8. The predicted molar refractivity (Wildman–Crippen MR) is 278 cm³/mol. The number of fused-ring (bicyclic) bond motifs is 2. The van der Waals surface area contributed by atoms with Crippen LogP contribution in [0, 0.1) is 0 Å². The van der Waals surface area contributed by atoms with Crippen molar-refractivity contribution in [3.05, 3.63) is 165 Å². The van der Waals surface area contributed by atoms with Gasteiger partial charge >= 0.3 is 11.9 Å². The van der Waals surface area contributed by atoms with Crippen molar-refractivity contribution in [2.75, 3.05) is 6.61 Å². The first-order valence-electron chi connectivity index (χ1n) is 20.7. The first-order valence-corrected chi connectivity index (χ1v) is 23.2. The Morgan fingerprint density at radius 3 is 1.43 bits per heavy atom. The fourth-order valence-corrected chi connectivity index (χ4v) is 7.30. The molecule has 0 aliphatic carbocycles. The Bertz CT molecular complexity index is 2840. The number of rotatable bonds is 9. The molecule has 0 bridgehead atoms. The van der Waals surface area contributed by atoms with E-state index in [9.17, 15) is 19.8 Å². The highest BCUT2D eigenvalue weighted by molar-refractivity contribution is 9.10. The van der Waals surface area contributed by atoms with Gasteiger partial charge in [-0.2, -0.15) is 0 Å². The van der Waals surface area contributed by atoms with Crippen molar-refractivity contribution in [1.29, 1.82) is 0 Å². The Labute approximate surface area is 417 Å². The second kappa shape index (κ2) is 23.2. The third-order valence-electron chi connectivity index (χ3n) is 9.97. The summed E-state index contributed by atoms with van der Waals surface area (Å²) in [5.74, 6) is -0.761. The highest BCUT2D eigenvalue weighted by Gasteiger charge is 2.26. The van der Waals surface area contributed by atoms with E-state index >= 15 is 0 Å². The minimum atomic E-state index is -1.17. The summed E-state index contributed by atoms with van der Waals surface area (Å²) in [6, 6.07) is 41.1. The van der Waals surface area contributed by atoms with E-state index in [1.54, 1.807) is 43.3 Å². The molecule has 8 rings (SSSR count). The van der Waals surface area contributed by atoms with Crippen molar-refractivity contribution in [1.82, 2.24) is 30.0 Å². The Morgan fingerprint density at radius 2 is 1.01 bits per heavy atom. The molecule has 0 saturated heterocycles. The number of phenols is 1. The summed E-state index contributed by atoms with van der Waals surface area (Å²) in [7, 11) is 0.